The Bertz CT molecular complexity index is 1080. The van der Waals surface area contributed by atoms with Crippen molar-refractivity contribution < 1.29 is 8.83 Å². The van der Waals surface area contributed by atoms with Gasteiger partial charge in [0.25, 0.3) is 0 Å². The zero-order chi connectivity index (χ0) is 18.9. The number of likely N-dealkylation sites (tertiary alicyclic amines) is 1. The van der Waals surface area contributed by atoms with Crippen LogP contribution in [0.25, 0.3) is 33.7 Å². The third kappa shape index (κ3) is 3.25. The first-order valence-electron chi connectivity index (χ1n) is 10.0. The molecular weight excluding hydrogens is 348 g/mol. The molecule has 4 nitrogen and oxygen atoms in total. The summed E-state index contributed by atoms with van der Waals surface area (Å²) in [7, 11) is 0. The SMILES string of the molecule is C[C@@H]1CCCN1CCc1cc2cccc(-c3cnc(-c4ccccc4)o3)c2o1. The van der Waals surface area contributed by atoms with Gasteiger partial charge in [-0.2, -0.15) is 0 Å². The number of hydrogen-bond acceptors (Lipinski definition) is 4. The normalized spacial score (nSPS) is 17.5. The molecule has 4 aromatic rings. The number of nitrogens with zero attached hydrogens (tertiary/aromatic N) is 2. The Morgan fingerprint density at radius 1 is 1.07 bits per heavy atom. The lowest BCUT2D eigenvalue weighted by Gasteiger charge is -2.19. The highest BCUT2D eigenvalue weighted by atomic mass is 16.4. The van der Waals surface area contributed by atoms with Crippen molar-refractivity contribution in [1.82, 2.24) is 9.88 Å². The van der Waals surface area contributed by atoms with E-state index in [1.807, 2.05) is 42.5 Å². The Hall–Kier alpha value is -2.85. The van der Waals surface area contributed by atoms with Crippen molar-refractivity contribution in [3.63, 3.8) is 0 Å². The van der Waals surface area contributed by atoms with Crippen molar-refractivity contribution in [1.29, 1.82) is 0 Å². The summed E-state index contributed by atoms with van der Waals surface area (Å²) in [5.41, 5.74) is 2.80. The summed E-state index contributed by atoms with van der Waals surface area (Å²) in [6, 6.07) is 19.0. The molecule has 0 aliphatic carbocycles. The van der Waals surface area contributed by atoms with Gasteiger partial charge in [0.15, 0.2) is 5.76 Å². The molecule has 4 heteroatoms. The molecule has 3 heterocycles. The summed E-state index contributed by atoms with van der Waals surface area (Å²) in [6.07, 6.45) is 5.33. The Morgan fingerprint density at radius 2 is 1.96 bits per heavy atom. The monoisotopic (exact) mass is 372 g/mol. The summed E-state index contributed by atoms with van der Waals surface area (Å²) in [4.78, 5) is 7.01. The van der Waals surface area contributed by atoms with Crippen molar-refractivity contribution in [3.8, 4) is 22.8 Å². The van der Waals surface area contributed by atoms with Crippen LogP contribution in [0.5, 0.6) is 0 Å². The fraction of sp³-hybridized carbons (Fsp3) is 0.292. The van der Waals surface area contributed by atoms with Gasteiger partial charge in [-0.3, -0.25) is 0 Å². The van der Waals surface area contributed by atoms with Gasteiger partial charge in [-0.25, -0.2) is 4.98 Å². The Labute approximate surface area is 164 Å². The molecule has 0 N–H and O–H groups in total. The van der Waals surface area contributed by atoms with Crippen LogP contribution >= 0.6 is 0 Å². The lowest BCUT2D eigenvalue weighted by Crippen LogP contribution is -2.28. The standard InChI is InChI=1S/C24H24N2O2/c1-17-7-6-13-26(17)14-12-20-15-19-10-5-11-21(23(19)27-20)22-16-25-24(28-22)18-8-3-2-4-9-18/h2-5,8-11,15-17H,6-7,12-14H2,1H3/t17-/m1/s1. The number of aromatic nitrogens is 1. The van der Waals surface area contributed by atoms with E-state index in [-0.39, 0.29) is 0 Å². The minimum Gasteiger partial charge on any atom is -0.460 e. The molecule has 0 amide bonds. The Morgan fingerprint density at radius 3 is 2.79 bits per heavy atom. The zero-order valence-electron chi connectivity index (χ0n) is 16.1. The van der Waals surface area contributed by atoms with Crippen LogP contribution in [0.2, 0.25) is 0 Å². The lowest BCUT2D eigenvalue weighted by molar-refractivity contribution is 0.266. The number of fused-ring (bicyclic) bond motifs is 1. The van der Waals surface area contributed by atoms with Crippen LogP contribution in [0.4, 0.5) is 0 Å². The van der Waals surface area contributed by atoms with E-state index >= 15 is 0 Å². The van der Waals surface area contributed by atoms with Gasteiger partial charge in [-0.05, 0) is 50.6 Å². The summed E-state index contributed by atoms with van der Waals surface area (Å²) in [5, 5.41) is 1.11. The summed E-state index contributed by atoms with van der Waals surface area (Å²) < 4.78 is 12.3. The molecule has 142 valence electrons. The molecule has 0 radical (unpaired) electrons. The number of oxazole rings is 1. The molecule has 0 spiro atoms. The molecule has 0 saturated carbocycles. The van der Waals surface area contributed by atoms with E-state index in [0.717, 1.165) is 46.6 Å². The summed E-state index contributed by atoms with van der Waals surface area (Å²) in [5.74, 6) is 2.39. The largest absolute Gasteiger partial charge is 0.460 e. The maximum absolute atomic E-state index is 6.25. The average molecular weight is 372 g/mol. The maximum atomic E-state index is 6.25. The minimum atomic E-state index is 0.627. The highest BCUT2D eigenvalue weighted by molar-refractivity contribution is 5.91. The second-order valence-corrected chi connectivity index (χ2v) is 7.61. The average Bonchev–Trinajstić information content (AvgIpc) is 3.46. The highest BCUT2D eigenvalue weighted by Gasteiger charge is 2.20. The van der Waals surface area contributed by atoms with Gasteiger partial charge in [0.05, 0.1) is 11.8 Å². The van der Waals surface area contributed by atoms with E-state index in [1.54, 1.807) is 6.20 Å². The number of para-hydroxylation sites is 1. The van der Waals surface area contributed by atoms with Crippen LogP contribution in [0.1, 0.15) is 25.5 Å². The molecule has 2 aromatic carbocycles. The fourth-order valence-corrected chi connectivity index (χ4v) is 4.13. The lowest BCUT2D eigenvalue weighted by atomic mass is 10.1. The third-order valence-corrected chi connectivity index (χ3v) is 5.72. The van der Waals surface area contributed by atoms with Gasteiger partial charge in [0, 0.05) is 30.0 Å². The van der Waals surface area contributed by atoms with Gasteiger partial charge in [0.2, 0.25) is 5.89 Å². The second kappa shape index (κ2) is 7.28. The van der Waals surface area contributed by atoms with Crippen molar-refractivity contribution in [2.45, 2.75) is 32.2 Å². The third-order valence-electron chi connectivity index (χ3n) is 5.72. The Kier molecular flexibility index (Phi) is 4.49. The molecule has 5 rings (SSSR count). The first-order valence-corrected chi connectivity index (χ1v) is 10.0. The minimum absolute atomic E-state index is 0.627. The van der Waals surface area contributed by atoms with Crippen LogP contribution in [0, 0.1) is 0 Å². The molecule has 1 aliphatic rings. The molecule has 0 bridgehead atoms. The van der Waals surface area contributed by atoms with Crippen molar-refractivity contribution in [2.75, 3.05) is 13.1 Å². The van der Waals surface area contributed by atoms with Crippen molar-refractivity contribution in [2.24, 2.45) is 0 Å². The molecule has 0 unspecified atom stereocenters. The van der Waals surface area contributed by atoms with E-state index in [2.05, 4.69) is 28.9 Å². The molecule has 1 fully saturated rings. The van der Waals surface area contributed by atoms with E-state index in [1.165, 1.54) is 19.4 Å². The topological polar surface area (TPSA) is 42.4 Å². The number of benzene rings is 2. The molecular formula is C24H24N2O2. The van der Waals surface area contributed by atoms with Crippen molar-refractivity contribution in [3.05, 3.63) is 66.6 Å². The number of hydrogen-bond donors (Lipinski definition) is 0. The van der Waals surface area contributed by atoms with Gasteiger partial charge in [-0.15, -0.1) is 0 Å². The van der Waals surface area contributed by atoms with E-state index in [9.17, 15) is 0 Å². The second-order valence-electron chi connectivity index (χ2n) is 7.61. The van der Waals surface area contributed by atoms with Crippen LogP contribution < -0.4 is 0 Å². The van der Waals surface area contributed by atoms with Crippen LogP contribution in [-0.4, -0.2) is 29.0 Å². The van der Waals surface area contributed by atoms with Crippen molar-refractivity contribution >= 4 is 11.0 Å². The van der Waals surface area contributed by atoms with E-state index < -0.39 is 0 Å². The number of rotatable bonds is 5. The molecule has 1 saturated heterocycles. The van der Waals surface area contributed by atoms with Crippen LogP contribution in [0.15, 0.2) is 69.6 Å². The zero-order valence-corrected chi connectivity index (χ0v) is 16.1. The molecule has 1 aliphatic heterocycles. The smallest absolute Gasteiger partial charge is 0.226 e. The predicted octanol–water partition coefficient (Wildman–Crippen LogP) is 5.78. The first-order chi connectivity index (χ1) is 13.8. The van der Waals surface area contributed by atoms with Crippen LogP contribution in [-0.2, 0) is 6.42 Å². The van der Waals surface area contributed by atoms with Gasteiger partial charge >= 0.3 is 0 Å². The van der Waals surface area contributed by atoms with Gasteiger partial charge < -0.3 is 13.7 Å². The summed E-state index contributed by atoms with van der Waals surface area (Å²) in [6.45, 7) is 4.57. The van der Waals surface area contributed by atoms with Gasteiger partial charge in [-0.1, -0.05) is 30.3 Å². The quantitative estimate of drug-likeness (QED) is 0.445. The number of furan rings is 1. The Balaban J connectivity index is 1.42. The maximum Gasteiger partial charge on any atom is 0.226 e. The molecule has 2 aromatic heterocycles. The van der Waals surface area contributed by atoms with Gasteiger partial charge in [0.1, 0.15) is 11.3 Å². The fourth-order valence-electron chi connectivity index (χ4n) is 4.13. The summed E-state index contributed by atoms with van der Waals surface area (Å²) >= 11 is 0. The van der Waals surface area contributed by atoms with Crippen LogP contribution in [0.3, 0.4) is 0 Å². The van der Waals surface area contributed by atoms with E-state index in [4.69, 9.17) is 8.83 Å². The first kappa shape index (κ1) is 17.3. The predicted molar refractivity (Wildman–Crippen MR) is 111 cm³/mol. The van der Waals surface area contributed by atoms with E-state index in [0.29, 0.717) is 11.9 Å². The highest BCUT2D eigenvalue weighted by Crippen LogP contribution is 2.33. The molecule has 1 atom stereocenters. The molecule has 28 heavy (non-hydrogen) atoms.